The molecule has 3 aromatic carbocycles. The van der Waals surface area contributed by atoms with Crippen LogP contribution in [0.25, 0.3) is 6.08 Å². The van der Waals surface area contributed by atoms with Crippen LogP contribution in [0.15, 0.2) is 111 Å². The molecule has 5 nitrogen and oxygen atoms in total. The molecule has 2 fully saturated rings. The van der Waals surface area contributed by atoms with E-state index in [1.54, 1.807) is 60.7 Å². The van der Waals surface area contributed by atoms with Crippen LogP contribution < -0.4 is 4.90 Å². The molecule has 7 heteroatoms. The number of allylic oxidation sites excluding steroid dienone is 3. The molecule has 3 aromatic rings. The predicted molar refractivity (Wildman–Crippen MR) is 158 cm³/mol. The van der Waals surface area contributed by atoms with Gasteiger partial charge in [-0.15, -0.1) is 0 Å². The SMILES string of the molecule is CN(C)c1ccc(C=C2[C@H]3C4=C([C@H]5CC[C@H]4C5)[C@H]2[C@H](S(=O)(=O)c2ccccc2)[C@@H]3S(=O)(=O)c2ccccc2)cc1. The van der Waals surface area contributed by atoms with Crippen molar-refractivity contribution in [2.75, 3.05) is 19.0 Å². The highest BCUT2D eigenvalue weighted by Gasteiger charge is 2.67. The van der Waals surface area contributed by atoms with E-state index >= 15 is 0 Å². The Morgan fingerprint density at radius 1 is 0.650 bits per heavy atom. The third-order valence-electron chi connectivity index (χ3n) is 9.62. The monoisotopic (exact) mass is 571 g/mol. The fraction of sp³-hybridized carbons (Fsp3) is 0.333. The van der Waals surface area contributed by atoms with Gasteiger partial charge in [0, 0.05) is 31.6 Å². The Bertz CT molecular complexity index is 1640. The van der Waals surface area contributed by atoms with Crippen molar-refractivity contribution < 1.29 is 16.8 Å². The lowest BCUT2D eigenvalue weighted by Gasteiger charge is -2.35. The van der Waals surface area contributed by atoms with Crippen molar-refractivity contribution in [3.05, 3.63) is 107 Å². The summed E-state index contributed by atoms with van der Waals surface area (Å²) in [6, 6.07) is 25.0. The van der Waals surface area contributed by atoms with E-state index in [9.17, 15) is 16.8 Å². The second kappa shape index (κ2) is 9.18. The molecule has 4 aliphatic carbocycles. The van der Waals surface area contributed by atoms with Gasteiger partial charge in [0.2, 0.25) is 0 Å². The number of sulfone groups is 2. The van der Waals surface area contributed by atoms with Gasteiger partial charge in [-0.25, -0.2) is 16.8 Å². The Morgan fingerprint density at radius 3 is 1.52 bits per heavy atom. The van der Waals surface area contributed by atoms with Crippen molar-refractivity contribution in [3.63, 3.8) is 0 Å². The molecule has 2 saturated carbocycles. The highest BCUT2D eigenvalue weighted by atomic mass is 32.2. The number of benzene rings is 3. The van der Waals surface area contributed by atoms with E-state index in [4.69, 9.17) is 0 Å². The van der Waals surface area contributed by atoms with Crippen LogP contribution in [-0.4, -0.2) is 41.4 Å². The van der Waals surface area contributed by atoms with Crippen LogP contribution >= 0.6 is 0 Å². The zero-order valence-electron chi connectivity index (χ0n) is 22.6. The van der Waals surface area contributed by atoms with Crippen molar-refractivity contribution in [1.82, 2.24) is 0 Å². The Labute approximate surface area is 237 Å². The summed E-state index contributed by atoms with van der Waals surface area (Å²) < 4.78 is 58.0. The lowest BCUT2D eigenvalue weighted by Crippen LogP contribution is -2.45. The van der Waals surface area contributed by atoms with Crippen LogP contribution in [0.2, 0.25) is 0 Å². The van der Waals surface area contributed by atoms with E-state index < -0.39 is 42.0 Å². The van der Waals surface area contributed by atoms with Gasteiger partial charge in [0.25, 0.3) is 0 Å². The zero-order chi connectivity index (χ0) is 27.8. The number of hydrogen-bond acceptors (Lipinski definition) is 5. The van der Waals surface area contributed by atoms with Crippen molar-refractivity contribution >= 4 is 31.4 Å². The van der Waals surface area contributed by atoms with Gasteiger partial charge in [-0.3, -0.25) is 0 Å². The smallest absolute Gasteiger partial charge is 0.183 e. The number of nitrogens with zero attached hydrogens (tertiary/aromatic N) is 1. The number of rotatable bonds is 6. The van der Waals surface area contributed by atoms with Crippen LogP contribution in [0.5, 0.6) is 0 Å². The van der Waals surface area contributed by atoms with Crippen molar-refractivity contribution in [2.24, 2.45) is 23.7 Å². The summed E-state index contributed by atoms with van der Waals surface area (Å²) in [5.74, 6) is -0.137. The molecule has 0 N–H and O–H groups in total. The predicted octanol–water partition coefficient (Wildman–Crippen LogP) is 5.81. The molecule has 40 heavy (non-hydrogen) atoms. The third kappa shape index (κ3) is 3.70. The van der Waals surface area contributed by atoms with Crippen LogP contribution in [0.4, 0.5) is 5.69 Å². The third-order valence-corrected chi connectivity index (χ3v) is 14.2. The van der Waals surface area contributed by atoms with Crippen LogP contribution in [0.1, 0.15) is 24.8 Å². The summed E-state index contributed by atoms with van der Waals surface area (Å²) in [7, 11) is -3.95. The minimum atomic E-state index is -3.97. The molecule has 206 valence electrons. The Hall–Kier alpha value is -3.16. The van der Waals surface area contributed by atoms with Gasteiger partial charge in [-0.05, 0) is 73.1 Å². The van der Waals surface area contributed by atoms with Crippen molar-refractivity contribution in [1.29, 1.82) is 0 Å². The molecule has 6 atom stereocenters. The zero-order valence-corrected chi connectivity index (χ0v) is 24.3. The molecular weight excluding hydrogens is 539 g/mol. The minimum absolute atomic E-state index is 0.195. The normalized spacial score (nSPS) is 29.8. The molecule has 0 radical (unpaired) electrons. The molecule has 0 spiro atoms. The first-order chi connectivity index (χ1) is 19.2. The van der Waals surface area contributed by atoms with E-state index in [0.29, 0.717) is 11.8 Å². The first kappa shape index (κ1) is 25.8. The van der Waals surface area contributed by atoms with Crippen molar-refractivity contribution in [2.45, 2.75) is 39.6 Å². The molecule has 7 rings (SSSR count). The van der Waals surface area contributed by atoms with E-state index in [1.807, 2.05) is 43.3 Å². The van der Waals surface area contributed by atoms with E-state index in [-0.39, 0.29) is 9.79 Å². The topological polar surface area (TPSA) is 71.5 Å². The highest BCUT2D eigenvalue weighted by Crippen LogP contribution is 2.68. The van der Waals surface area contributed by atoms with Crippen LogP contribution in [0, 0.1) is 23.7 Å². The maximum absolute atomic E-state index is 14.5. The molecule has 0 heterocycles. The van der Waals surface area contributed by atoms with Gasteiger partial charge < -0.3 is 4.90 Å². The molecule has 0 aromatic heterocycles. The summed E-state index contributed by atoms with van der Waals surface area (Å²) >= 11 is 0. The first-order valence-corrected chi connectivity index (χ1v) is 17.1. The molecule has 0 saturated heterocycles. The summed E-state index contributed by atoms with van der Waals surface area (Å²) in [6.07, 6.45) is 5.25. The lowest BCUT2D eigenvalue weighted by atomic mass is 9.82. The second-order valence-electron chi connectivity index (χ2n) is 11.8. The Balaban J connectivity index is 1.46. The largest absolute Gasteiger partial charge is 0.378 e. The van der Waals surface area contributed by atoms with E-state index in [0.717, 1.165) is 36.1 Å². The molecule has 0 unspecified atom stereocenters. The molecule has 0 amide bonds. The van der Waals surface area contributed by atoms with E-state index in [1.165, 1.54) is 11.1 Å². The lowest BCUT2D eigenvalue weighted by molar-refractivity contribution is 0.494. The highest BCUT2D eigenvalue weighted by molar-refractivity contribution is 7.96. The van der Waals surface area contributed by atoms with Gasteiger partial charge in [-0.2, -0.15) is 0 Å². The average Bonchev–Trinajstić information content (AvgIpc) is 3.73. The van der Waals surface area contributed by atoms with Crippen molar-refractivity contribution in [3.8, 4) is 0 Å². The summed E-state index contributed by atoms with van der Waals surface area (Å²) in [4.78, 5) is 2.43. The van der Waals surface area contributed by atoms with Gasteiger partial charge in [-0.1, -0.05) is 71.3 Å². The molecular formula is C33H33NO4S2. The maximum atomic E-state index is 14.5. The fourth-order valence-corrected chi connectivity index (χ4v) is 13.0. The number of fused-ring (bicyclic) bond motifs is 8. The summed E-state index contributed by atoms with van der Waals surface area (Å²) in [6.45, 7) is 0. The fourth-order valence-electron chi connectivity index (χ4n) is 8.04. The maximum Gasteiger partial charge on any atom is 0.183 e. The molecule has 4 aliphatic rings. The number of hydrogen-bond donors (Lipinski definition) is 0. The molecule has 4 bridgehead atoms. The first-order valence-electron chi connectivity index (χ1n) is 14.0. The second-order valence-corrected chi connectivity index (χ2v) is 16.1. The summed E-state index contributed by atoms with van der Waals surface area (Å²) in [5.41, 5.74) is 5.48. The van der Waals surface area contributed by atoms with E-state index in [2.05, 4.69) is 6.08 Å². The Morgan fingerprint density at radius 2 is 1.10 bits per heavy atom. The number of anilines is 1. The van der Waals surface area contributed by atoms with Gasteiger partial charge in [0.15, 0.2) is 19.7 Å². The Kier molecular flexibility index (Phi) is 5.92. The minimum Gasteiger partial charge on any atom is -0.378 e. The van der Waals surface area contributed by atoms with Gasteiger partial charge in [0.05, 0.1) is 20.3 Å². The standard InChI is InChI=1S/C33H33NO4S2/c1-34(2)24-17-13-21(14-18-24)19-27-30-28-22-15-16-23(20-22)29(28)31(27)33(40(37,38)26-11-7-4-8-12-26)32(30)39(35,36)25-9-5-3-6-10-25/h3-14,17-19,22-23,30-33H,15-16,20H2,1-2H3/t22-,23-,30-,31-,32-,33+/m0/s1. The summed E-state index contributed by atoms with van der Waals surface area (Å²) in [5, 5.41) is -2.12. The van der Waals surface area contributed by atoms with Gasteiger partial charge in [0.1, 0.15) is 0 Å². The average molecular weight is 572 g/mol. The van der Waals surface area contributed by atoms with Crippen LogP contribution in [0.3, 0.4) is 0 Å². The van der Waals surface area contributed by atoms with Crippen LogP contribution in [-0.2, 0) is 19.7 Å². The quantitative estimate of drug-likeness (QED) is 0.276. The van der Waals surface area contributed by atoms with Gasteiger partial charge >= 0.3 is 0 Å². The molecule has 0 aliphatic heterocycles.